The van der Waals surface area contributed by atoms with E-state index in [1.165, 1.54) is 6.92 Å². The van der Waals surface area contributed by atoms with Crippen LogP contribution in [0.2, 0.25) is 0 Å². The highest BCUT2D eigenvalue weighted by Gasteiger charge is 2.19. The van der Waals surface area contributed by atoms with Gasteiger partial charge < -0.3 is 15.4 Å². The predicted molar refractivity (Wildman–Crippen MR) is 57.5 cm³/mol. The molecule has 0 atom stereocenters. The van der Waals surface area contributed by atoms with Gasteiger partial charge in [-0.1, -0.05) is 6.92 Å². The molecular weight excluding hydrogens is 196 g/mol. The molecule has 0 aromatic rings. The number of carbonyl (C=O) groups is 2. The van der Waals surface area contributed by atoms with Gasteiger partial charge in [-0.05, 0) is 20.3 Å². The number of carbonyl (C=O) groups excluding carboxylic acids is 2. The van der Waals surface area contributed by atoms with Crippen molar-refractivity contribution >= 4 is 12.0 Å². The Morgan fingerprint density at radius 1 is 1.20 bits per heavy atom. The SMILES string of the molecule is CCC(C)(C)OC(=O)NCCNC(C)=O. The van der Waals surface area contributed by atoms with Crippen LogP contribution in [0, 0.1) is 0 Å². The van der Waals surface area contributed by atoms with E-state index in [2.05, 4.69) is 10.6 Å². The van der Waals surface area contributed by atoms with Gasteiger partial charge in [-0.25, -0.2) is 4.79 Å². The Hall–Kier alpha value is -1.26. The summed E-state index contributed by atoms with van der Waals surface area (Å²) in [4.78, 5) is 21.7. The molecule has 0 spiro atoms. The standard InChI is InChI=1S/C10H20N2O3/c1-5-10(3,4)15-9(14)12-7-6-11-8(2)13/h5-7H2,1-4H3,(H,11,13)(H,12,14). The van der Waals surface area contributed by atoms with Crippen molar-refractivity contribution in [2.75, 3.05) is 13.1 Å². The van der Waals surface area contributed by atoms with Gasteiger partial charge in [-0.2, -0.15) is 0 Å². The number of alkyl carbamates (subject to hydrolysis) is 1. The van der Waals surface area contributed by atoms with E-state index < -0.39 is 11.7 Å². The van der Waals surface area contributed by atoms with Crippen molar-refractivity contribution in [1.82, 2.24) is 10.6 Å². The molecule has 0 aliphatic rings. The van der Waals surface area contributed by atoms with Crippen LogP contribution in [0.1, 0.15) is 34.1 Å². The summed E-state index contributed by atoms with van der Waals surface area (Å²) in [7, 11) is 0. The third-order valence-electron chi connectivity index (χ3n) is 1.99. The molecule has 0 saturated carbocycles. The van der Waals surface area contributed by atoms with Crippen LogP contribution in [-0.2, 0) is 9.53 Å². The summed E-state index contributed by atoms with van der Waals surface area (Å²) in [5.74, 6) is -0.112. The van der Waals surface area contributed by atoms with Crippen LogP contribution in [0.4, 0.5) is 4.79 Å². The monoisotopic (exact) mass is 216 g/mol. The van der Waals surface area contributed by atoms with Crippen molar-refractivity contribution in [2.45, 2.75) is 39.7 Å². The van der Waals surface area contributed by atoms with Gasteiger partial charge in [0.2, 0.25) is 5.91 Å². The maximum absolute atomic E-state index is 11.2. The molecule has 0 unspecified atom stereocenters. The van der Waals surface area contributed by atoms with Crippen LogP contribution in [-0.4, -0.2) is 30.7 Å². The minimum absolute atomic E-state index is 0.112. The molecule has 0 aromatic heterocycles. The Morgan fingerprint density at radius 2 is 1.73 bits per heavy atom. The number of hydrogen-bond acceptors (Lipinski definition) is 3. The fraction of sp³-hybridized carbons (Fsp3) is 0.800. The van der Waals surface area contributed by atoms with E-state index in [0.717, 1.165) is 6.42 Å². The maximum Gasteiger partial charge on any atom is 0.407 e. The van der Waals surface area contributed by atoms with Gasteiger partial charge in [0.25, 0.3) is 0 Å². The zero-order valence-electron chi connectivity index (χ0n) is 9.85. The third-order valence-corrected chi connectivity index (χ3v) is 1.99. The highest BCUT2D eigenvalue weighted by molar-refractivity contribution is 5.73. The molecule has 0 rings (SSSR count). The molecule has 2 amide bonds. The van der Waals surface area contributed by atoms with E-state index in [0.29, 0.717) is 13.1 Å². The highest BCUT2D eigenvalue weighted by Crippen LogP contribution is 2.12. The maximum atomic E-state index is 11.2. The zero-order chi connectivity index (χ0) is 11.9. The molecule has 15 heavy (non-hydrogen) atoms. The van der Waals surface area contributed by atoms with E-state index in [-0.39, 0.29) is 5.91 Å². The average molecular weight is 216 g/mol. The molecule has 5 nitrogen and oxygen atoms in total. The molecule has 0 heterocycles. The molecule has 0 fully saturated rings. The summed E-state index contributed by atoms with van der Waals surface area (Å²) >= 11 is 0. The molecule has 88 valence electrons. The molecule has 2 N–H and O–H groups in total. The van der Waals surface area contributed by atoms with Crippen LogP contribution < -0.4 is 10.6 Å². The Kier molecular flexibility index (Phi) is 5.74. The zero-order valence-corrected chi connectivity index (χ0v) is 9.85. The smallest absolute Gasteiger partial charge is 0.407 e. The van der Waals surface area contributed by atoms with Gasteiger partial charge in [-0.3, -0.25) is 4.79 Å². The minimum atomic E-state index is -0.452. The van der Waals surface area contributed by atoms with Crippen molar-refractivity contribution in [1.29, 1.82) is 0 Å². The Labute approximate surface area is 90.6 Å². The van der Waals surface area contributed by atoms with E-state index in [4.69, 9.17) is 4.74 Å². The number of ether oxygens (including phenoxy) is 1. The second-order valence-corrected chi connectivity index (χ2v) is 3.91. The van der Waals surface area contributed by atoms with Crippen molar-refractivity contribution in [3.63, 3.8) is 0 Å². The van der Waals surface area contributed by atoms with Gasteiger partial charge >= 0.3 is 6.09 Å². The second kappa shape index (κ2) is 6.27. The summed E-state index contributed by atoms with van der Waals surface area (Å²) < 4.78 is 5.13. The fourth-order valence-corrected chi connectivity index (χ4v) is 0.762. The Morgan fingerprint density at radius 3 is 2.20 bits per heavy atom. The van der Waals surface area contributed by atoms with E-state index in [9.17, 15) is 9.59 Å². The Bertz CT molecular complexity index is 227. The first-order valence-corrected chi connectivity index (χ1v) is 5.08. The lowest BCUT2D eigenvalue weighted by Gasteiger charge is -2.23. The number of amides is 2. The van der Waals surface area contributed by atoms with Crippen LogP contribution in [0.3, 0.4) is 0 Å². The topological polar surface area (TPSA) is 67.4 Å². The molecule has 0 bridgehead atoms. The quantitative estimate of drug-likeness (QED) is 0.675. The van der Waals surface area contributed by atoms with E-state index >= 15 is 0 Å². The lowest BCUT2D eigenvalue weighted by molar-refractivity contribution is -0.118. The molecule has 0 aliphatic carbocycles. The second-order valence-electron chi connectivity index (χ2n) is 3.91. The number of hydrogen-bond donors (Lipinski definition) is 2. The van der Waals surface area contributed by atoms with Crippen LogP contribution in [0.25, 0.3) is 0 Å². The lowest BCUT2D eigenvalue weighted by atomic mass is 10.1. The lowest BCUT2D eigenvalue weighted by Crippen LogP contribution is -2.38. The Balaban J connectivity index is 3.62. The van der Waals surface area contributed by atoms with Crippen molar-refractivity contribution in [3.05, 3.63) is 0 Å². The first kappa shape index (κ1) is 13.7. The van der Waals surface area contributed by atoms with E-state index in [1.807, 2.05) is 20.8 Å². The van der Waals surface area contributed by atoms with Gasteiger partial charge in [-0.15, -0.1) is 0 Å². The number of nitrogens with one attached hydrogen (secondary N) is 2. The minimum Gasteiger partial charge on any atom is -0.444 e. The average Bonchev–Trinajstić information content (AvgIpc) is 2.11. The predicted octanol–water partition coefficient (Wildman–Crippen LogP) is 1.04. The fourth-order valence-electron chi connectivity index (χ4n) is 0.762. The molecule has 5 heteroatoms. The summed E-state index contributed by atoms with van der Waals surface area (Å²) in [6.07, 6.45) is 0.304. The van der Waals surface area contributed by atoms with E-state index in [1.54, 1.807) is 0 Å². The first-order chi connectivity index (χ1) is 6.87. The van der Waals surface area contributed by atoms with Gasteiger partial charge in [0.1, 0.15) is 5.60 Å². The molecule has 0 saturated heterocycles. The largest absolute Gasteiger partial charge is 0.444 e. The highest BCUT2D eigenvalue weighted by atomic mass is 16.6. The van der Waals surface area contributed by atoms with Crippen LogP contribution in [0.5, 0.6) is 0 Å². The van der Waals surface area contributed by atoms with Crippen LogP contribution in [0.15, 0.2) is 0 Å². The molecule has 0 aliphatic heterocycles. The van der Waals surface area contributed by atoms with Crippen molar-refractivity contribution < 1.29 is 14.3 Å². The summed E-state index contributed by atoms with van der Waals surface area (Å²) in [6.45, 7) is 7.86. The summed E-state index contributed by atoms with van der Waals surface area (Å²) in [6, 6.07) is 0. The molecular formula is C10H20N2O3. The molecule has 0 aromatic carbocycles. The summed E-state index contributed by atoms with van der Waals surface area (Å²) in [5, 5.41) is 5.12. The first-order valence-electron chi connectivity index (χ1n) is 5.08. The molecule has 0 radical (unpaired) electrons. The van der Waals surface area contributed by atoms with Crippen LogP contribution >= 0.6 is 0 Å². The van der Waals surface area contributed by atoms with Crippen molar-refractivity contribution in [3.8, 4) is 0 Å². The van der Waals surface area contributed by atoms with Gasteiger partial charge in [0.15, 0.2) is 0 Å². The third kappa shape index (κ3) is 7.78. The van der Waals surface area contributed by atoms with Gasteiger partial charge in [0, 0.05) is 20.0 Å². The van der Waals surface area contributed by atoms with Gasteiger partial charge in [0.05, 0.1) is 0 Å². The van der Waals surface area contributed by atoms with Crippen molar-refractivity contribution in [2.24, 2.45) is 0 Å². The summed E-state index contributed by atoms with van der Waals surface area (Å²) in [5.41, 5.74) is -0.446. The normalized spacial score (nSPS) is 10.7. The number of rotatable bonds is 5.